The number of aliphatic hydroxyl groups excluding tert-OH is 1. The van der Waals surface area contributed by atoms with Gasteiger partial charge in [0, 0.05) is 12.2 Å². The van der Waals surface area contributed by atoms with Gasteiger partial charge < -0.3 is 15.4 Å². The molecule has 138 valence electrons. The van der Waals surface area contributed by atoms with E-state index in [4.69, 9.17) is 0 Å². The Morgan fingerprint density at radius 2 is 2.08 bits per heavy atom. The largest absolute Gasteiger partial charge is 0.385 e. The third kappa shape index (κ3) is 3.77. The van der Waals surface area contributed by atoms with Gasteiger partial charge in [-0.3, -0.25) is 9.48 Å². The Kier molecular flexibility index (Phi) is 5.08. The number of hydrogen-bond acceptors (Lipinski definition) is 4. The molecule has 1 amide bonds. The summed E-state index contributed by atoms with van der Waals surface area (Å²) in [4.78, 5) is 20.1. The summed E-state index contributed by atoms with van der Waals surface area (Å²) in [5.74, 6) is 0.798. The third-order valence-electron chi connectivity index (χ3n) is 4.13. The molecule has 0 aliphatic heterocycles. The summed E-state index contributed by atoms with van der Waals surface area (Å²) >= 11 is 0. The predicted molar refractivity (Wildman–Crippen MR) is 101 cm³/mol. The lowest BCUT2D eigenvalue weighted by molar-refractivity contribution is 0.101. The molecule has 0 radical (unpaired) electrons. The molecule has 0 bridgehead atoms. The van der Waals surface area contributed by atoms with E-state index in [0.29, 0.717) is 29.7 Å². The summed E-state index contributed by atoms with van der Waals surface area (Å²) in [5.41, 5.74) is 3.66. The highest BCUT2D eigenvalue weighted by Crippen LogP contribution is 2.20. The number of anilines is 1. The van der Waals surface area contributed by atoms with Crippen molar-refractivity contribution in [3.8, 4) is 0 Å². The number of nitrogens with one attached hydrogen (secondary N) is 2. The molecule has 1 aromatic carbocycles. The summed E-state index contributed by atoms with van der Waals surface area (Å²) < 4.78 is 1.73. The van der Waals surface area contributed by atoms with Gasteiger partial charge >= 0.3 is 0 Å². The molecule has 1 atom stereocenters. The van der Waals surface area contributed by atoms with E-state index in [1.54, 1.807) is 17.7 Å². The van der Waals surface area contributed by atoms with Crippen LogP contribution in [0.25, 0.3) is 11.0 Å². The third-order valence-corrected chi connectivity index (χ3v) is 4.13. The van der Waals surface area contributed by atoms with E-state index in [0.717, 1.165) is 23.1 Å². The molecule has 0 spiro atoms. The number of carbonyl (C=O) groups is 1. The van der Waals surface area contributed by atoms with Crippen molar-refractivity contribution in [1.29, 1.82) is 0 Å². The summed E-state index contributed by atoms with van der Waals surface area (Å²) in [7, 11) is 0. The SMILES string of the molecule is CCn1nc(CC(C)C)cc1C(=O)Nc1ccc2nc(C(C)O)[nH]c2c1. The Bertz CT molecular complexity index is 923. The van der Waals surface area contributed by atoms with Gasteiger partial charge in [0.25, 0.3) is 5.91 Å². The predicted octanol–water partition coefficient (Wildman–Crippen LogP) is 3.28. The first kappa shape index (κ1) is 18.1. The van der Waals surface area contributed by atoms with E-state index in [2.05, 4.69) is 34.2 Å². The van der Waals surface area contributed by atoms with Gasteiger partial charge in [0.05, 0.1) is 16.7 Å². The monoisotopic (exact) mass is 355 g/mol. The summed E-state index contributed by atoms with van der Waals surface area (Å²) in [5, 5.41) is 17.1. The second kappa shape index (κ2) is 7.29. The normalized spacial score (nSPS) is 12.7. The molecular weight excluding hydrogens is 330 g/mol. The first-order valence-electron chi connectivity index (χ1n) is 8.93. The summed E-state index contributed by atoms with van der Waals surface area (Å²) in [6, 6.07) is 7.29. The van der Waals surface area contributed by atoms with E-state index in [1.807, 2.05) is 25.1 Å². The van der Waals surface area contributed by atoms with Crippen LogP contribution in [0.4, 0.5) is 5.69 Å². The number of aliphatic hydroxyl groups is 1. The van der Waals surface area contributed by atoms with Gasteiger partial charge in [0.2, 0.25) is 0 Å². The molecule has 7 heteroatoms. The lowest BCUT2D eigenvalue weighted by atomic mass is 10.1. The van der Waals surface area contributed by atoms with Crippen LogP contribution >= 0.6 is 0 Å². The van der Waals surface area contributed by atoms with Crippen LogP contribution in [-0.2, 0) is 13.0 Å². The quantitative estimate of drug-likeness (QED) is 0.632. The van der Waals surface area contributed by atoms with Crippen molar-refractivity contribution in [3.05, 3.63) is 41.5 Å². The Labute approximate surface area is 152 Å². The van der Waals surface area contributed by atoms with Crippen molar-refractivity contribution in [2.75, 3.05) is 5.32 Å². The van der Waals surface area contributed by atoms with Crippen LogP contribution in [0, 0.1) is 5.92 Å². The standard InChI is InChI=1S/C19H25N5O2/c1-5-24-17(10-14(23-24)8-11(2)3)19(26)20-13-6-7-15-16(9-13)22-18(21-15)12(4)25/h6-7,9-12,25H,5,8H2,1-4H3,(H,20,26)(H,21,22). The maximum absolute atomic E-state index is 12.7. The first-order chi connectivity index (χ1) is 12.4. The van der Waals surface area contributed by atoms with Gasteiger partial charge in [-0.1, -0.05) is 13.8 Å². The van der Waals surface area contributed by atoms with E-state index in [1.165, 1.54) is 0 Å². The number of aromatic nitrogens is 4. The lowest BCUT2D eigenvalue weighted by Gasteiger charge is -2.06. The number of rotatable bonds is 6. The number of H-pyrrole nitrogens is 1. The van der Waals surface area contributed by atoms with Crippen molar-refractivity contribution >= 4 is 22.6 Å². The number of aromatic amines is 1. The van der Waals surface area contributed by atoms with E-state index in [-0.39, 0.29) is 5.91 Å². The zero-order valence-electron chi connectivity index (χ0n) is 15.6. The maximum Gasteiger partial charge on any atom is 0.273 e. The second-order valence-electron chi connectivity index (χ2n) is 6.92. The van der Waals surface area contributed by atoms with Crippen LogP contribution < -0.4 is 5.32 Å². The van der Waals surface area contributed by atoms with Crippen LogP contribution in [0.5, 0.6) is 0 Å². The molecular formula is C19H25N5O2. The molecule has 0 aliphatic carbocycles. The molecule has 2 aromatic heterocycles. The number of hydrogen-bond donors (Lipinski definition) is 3. The molecule has 26 heavy (non-hydrogen) atoms. The molecule has 7 nitrogen and oxygen atoms in total. The second-order valence-corrected chi connectivity index (χ2v) is 6.92. The molecule has 3 aromatic rings. The molecule has 3 N–H and O–H groups in total. The van der Waals surface area contributed by atoms with Gasteiger partial charge in [0.1, 0.15) is 17.6 Å². The molecule has 0 aliphatic rings. The summed E-state index contributed by atoms with van der Waals surface area (Å²) in [6.07, 6.45) is 0.175. The smallest absolute Gasteiger partial charge is 0.273 e. The van der Waals surface area contributed by atoms with Crippen LogP contribution in [0.15, 0.2) is 24.3 Å². The lowest BCUT2D eigenvalue weighted by Crippen LogP contribution is -2.17. The van der Waals surface area contributed by atoms with E-state index >= 15 is 0 Å². The Morgan fingerprint density at radius 1 is 1.31 bits per heavy atom. The molecule has 0 saturated heterocycles. The Hall–Kier alpha value is -2.67. The van der Waals surface area contributed by atoms with Crippen molar-refractivity contribution < 1.29 is 9.90 Å². The number of fused-ring (bicyclic) bond motifs is 1. The van der Waals surface area contributed by atoms with Crippen molar-refractivity contribution in [2.45, 2.75) is 46.8 Å². The summed E-state index contributed by atoms with van der Waals surface area (Å²) in [6.45, 7) is 8.52. The number of aryl methyl sites for hydroxylation is 1. The highest BCUT2D eigenvalue weighted by Gasteiger charge is 2.16. The van der Waals surface area contributed by atoms with Crippen LogP contribution in [0.1, 0.15) is 55.8 Å². The van der Waals surface area contributed by atoms with Crippen LogP contribution in [0.3, 0.4) is 0 Å². The Balaban J connectivity index is 1.83. The molecule has 0 saturated carbocycles. The fraction of sp³-hybridized carbons (Fsp3) is 0.421. The van der Waals surface area contributed by atoms with Gasteiger partial charge in [-0.2, -0.15) is 5.10 Å². The highest BCUT2D eigenvalue weighted by molar-refractivity contribution is 6.03. The maximum atomic E-state index is 12.7. The number of imidazole rings is 1. The number of benzene rings is 1. The molecule has 0 fully saturated rings. The van der Waals surface area contributed by atoms with E-state index in [9.17, 15) is 9.90 Å². The molecule has 3 rings (SSSR count). The molecule has 2 heterocycles. The zero-order valence-corrected chi connectivity index (χ0v) is 15.6. The van der Waals surface area contributed by atoms with Crippen molar-refractivity contribution in [2.24, 2.45) is 5.92 Å². The minimum atomic E-state index is -0.668. The fourth-order valence-electron chi connectivity index (χ4n) is 2.91. The van der Waals surface area contributed by atoms with E-state index < -0.39 is 6.10 Å². The average molecular weight is 355 g/mol. The number of carbonyl (C=O) groups excluding carboxylic acids is 1. The topological polar surface area (TPSA) is 95.8 Å². The highest BCUT2D eigenvalue weighted by atomic mass is 16.3. The fourth-order valence-corrected chi connectivity index (χ4v) is 2.91. The Morgan fingerprint density at radius 3 is 2.73 bits per heavy atom. The van der Waals surface area contributed by atoms with Gasteiger partial charge in [-0.15, -0.1) is 0 Å². The van der Waals surface area contributed by atoms with Gasteiger partial charge in [-0.05, 0) is 50.5 Å². The number of amides is 1. The number of nitrogens with zero attached hydrogens (tertiary/aromatic N) is 3. The minimum absolute atomic E-state index is 0.191. The van der Waals surface area contributed by atoms with Gasteiger partial charge in [-0.25, -0.2) is 4.98 Å². The van der Waals surface area contributed by atoms with Crippen molar-refractivity contribution in [3.63, 3.8) is 0 Å². The van der Waals surface area contributed by atoms with Crippen LogP contribution in [0.2, 0.25) is 0 Å². The average Bonchev–Trinajstić information content (AvgIpc) is 3.17. The first-order valence-corrected chi connectivity index (χ1v) is 8.93. The minimum Gasteiger partial charge on any atom is -0.385 e. The van der Waals surface area contributed by atoms with Crippen LogP contribution in [-0.4, -0.2) is 30.8 Å². The van der Waals surface area contributed by atoms with Crippen molar-refractivity contribution in [1.82, 2.24) is 19.7 Å². The zero-order chi connectivity index (χ0) is 18.8. The molecule has 1 unspecified atom stereocenters. The van der Waals surface area contributed by atoms with Gasteiger partial charge in [0.15, 0.2) is 0 Å².